The SMILES string of the molecule is CCCCCCC1CCC(C(C)=O)CC1. The van der Waals surface area contributed by atoms with Gasteiger partial charge < -0.3 is 0 Å². The first-order valence-electron chi connectivity index (χ1n) is 6.74. The van der Waals surface area contributed by atoms with E-state index in [2.05, 4.69) is 6.92 Å². The molecule has 0 spiro atoms. The van der Waals surface area contributed by atoms with E-state index in [1.165, 1.54) is 44.9 Å². The zero-order valence-electron chi connectivity index (χ0n) is 10.4. The van der Waals surface area contributed by atoms with Crippen molar-refractivity contribution in [2.24, 2.45) is 11.8 Å². The van der Waals surface area contributed by atoms with Gasteiger partial charge in [0.1, 0.15) is 5.78 Å². The molecule has 1 aliphatic carbocycles. The average Bonchev–Trinajstić information content (AvgIpc) is 2.25. The van der Waals surface area contributed by atoms with Crippen LogP contribution in [0.3, 0.4) is 0 Å². The Kier molecular flexibility index (Phi) is 5.97. The molecule has 0 aromatic rings. The molecule has 0 unspecified atom stereocenters. The Morgan fingerprint density at radius 2 is 1.73 bits per heavy atom. The molecule has 1 nitrogen and oxygen atoms in total. The van der Waals surface area contributed by atoms with Crippen molar-refractivity contribution >= 4 is 5.78 Å². The molecule has 0 aromatic heterocycles. The van der Waals surface area contributed by atoms with E-state index in [1.54, 1.807) is 6.92 Å². The molecule has 0 saturated heterocycles. The fourth-order valence-electron chi connectivity index (χ4n) is 2.72. The highest BCUT2D eigenvalue weighted by atomic mass is 16.1. The number of unbranched alkanes of at least 4 members (excludes halogenated alkanes) is 3. The van der Waals surface area contributed by atoms with E-state index in [0.29, 0.717) is 11.7 Å². The molecule has 1 aliphatic rings. The molecule has 1 fully saturated rings. The summed E-state index contributed by atoms with van der Waals surface area (Å²) in [6.45, 7) is 4.02. The molecule has 0 amide bonds. The largest absolute Gasteiger partial charge is 0.300 e. The molecule has 1 rings (SSSR count). The molecule has 0 aromatic carbocycles. The second-order valence-corrected chi connectivity index (χ2v) is 5.18. The first-order valence-corrected chi connectivity index (χ1v) is 6.74. The first-order chi connectivity index (χ1) is 7.24. The minimum absolute atomic E-state index is 0.400. The Bertz CT molecular complexity index is 178. The van der Waals surface area contributed by atoms with Crippen LogP contribution in [-0.4, -0.2) is 5.78 Å². The Morgan fingerprint density at radius 3 is 2.27 bits per heavy atom. The minimum Gasteiger partial charge on any atom is -0.300 e. The van der Waals surface area contributed by atoms with Crippen molar-refractivity contribution in [2.75, 3.05) is 0 Å². The van der Waals surface area contributed by atoms with Crippen LogP contribution in [0.25, 0.3) is 0 Å². The fraction of sp³-hybridized carbons (Fsp3) is 0.929. The first kappa shape index (κ1) is 12.7. The van der Waals surface area contributed by atoms with E-state index in [4.69, 9.17) is 0 Å². The molecule has 0 radical (unpaired) electrons. The van der Waals surface area contributed by atoms with Gasteiger partial charge in [0.2, 0.25) is 0 Å². The molecule has 1 heteroatoms. The maximum atomic E-state index is 11.2. The van der Waals surface area contributed by atoms with Gasteiger partial charge in [-0.3, -0.25) is 4.79 Å². The van der Waals surface area contributed by atoms with Crippen LogP contribution in [0.1, 0.15) is 71.6 Å². The predicted molar refractivity (Wildman–Crippen MR) is 64.9 cm³/mol. The van der Waals surface area contributed by atoms with Crippen LogP contribution in [0.15, 0.2) is 0 Å². The third kappa shape index (κ3) is 4.81. The van der Waals surface area contributed by atoms with E-state index < -0.39 is 0 Å². The lowest BCUT2D eigenvalue weighted by Crippen LogP contribution is -2.19. The van der Waals surface area contributed by atoms with Gasteiger partial charge in [-0.25, -0.2) is 0 Å². The maximum Gasteiger partial charge on any atom is 0.132 e. The summed E-state index contributed by atoms with van der Waals surface area (Å²) in [6.07, 6.45) is 11.9. The van der Waals surface area contributed by atoms with Crippen molar-refractivity contribution < 1.29 is 4.79 Å². The molecule has 1 saturated carbocycles. The van der Waals surface area contributed by atoms with Gasteiger partial charge in [0.15, 0.2) is 0 Å². The van der Waals surface area contributed by atoms with Crippen molar-refractivity contribution in [3.05, 3.63) is 0 Å². The molecule has 88 valence electrons. The maximum absolute atomic E-state index is 11.2. The monoisotopic (exact) mass is 210 g/mol. The van der Waals surface area contributed by atoms with Gasteiger partial charge in [0.05, 0.1) is 0 Å². The van der Waals surface area contributed by atoms with Crippen LogP contribution in [0.4, 0.5) is 0 Å². The van der Waals surface area contributed by atoms with Crippen molar-refractivity contribution in [2.45, 2.75) is 71.6 Å². The van der Waals surface area contributed by atoms with E-state index in [-0.39, 0.29) is 0 Å². The highest BCUT2D eigenvalue weighted by Crippen LogP contribution is 2.32. The summed E-state index contributed by atoms with van der Waals surface area (Å²) >= 11 is 0. The summed E-state index contributed by atoms with van der Waals surface area (Å²) < 4.78 is 0. The fourth-order valence-corrected chi connectivity index (χ4v) is 2.72. The van der Waals surface area contributed by atoms with Crippen LogP contribution in [0, 0.1) is 11.8 Å². The summed E-state index contributed by atoms with van der Waals surface area (Å²) in [5.74, 6) is 1.74. The second kappa shape index (κ2) is 7.03. The summed E-state index contributed by atoms with van der Waals surface area (Å²) in [6, 6.07) is 0. The zero-order chi connectivity index (χ0) is 11.1. The summed E-state index contributed by atoms with van der Waals surface area (Å²) in [4.78, 5) is 11.2. The van der Waals surface area contributed by atoms with Gasteiger partial charge in [-0.2, -0.15) is 0 Å². The standard InChI is InChI=1S/C14H26O/c1-3-4-5-6-7-13-8-10-14(11-9-13)12(2)15/h13-14H,3-11H2,1-2H3. The molecule has 0 atom stereocenters. The van der Waals surface area contributed by atoms with Gasteiger partial charge in [0.25, 0.3) is 0 Å². The van der Waals surface area contributed by atoms with Crippen LogP contribution in [0.5, 0.6) is 0 Å². The second-order valence-electron chi connectivity index (χ2n) is 5.18. The van der Waals surface area contributed by atoms with Crippen molar-refractivity contribution in [3.63, 3.8) is 0 Å². The van der Waals surface area contributed by atoms with E-state index >= 15 is 0 Å². The Hall–Kier alpha value is -0.330. The van der Waals surface area contributed by atoms with E-state index in [9.17, 15) is 4.79 Å². The number of ketones is 1. The van der Waals surface area contributed by atoms with Crippen LogP contribution < -0.4 is 0 Å². The number of hydrogen-bond acceptors (Lipinski definition) is 1. The number of Topliss-reactive ketones (excluding diaryl/α,β-unsaturated/α-hetero) is 1. The lowest BCUT2D eigenvalue weighted by molar-refractivity contribution is -0.121. The van der Waals surface area contributed by atoms with E-state index in [0.717, 1.165) is 18.8 Å². The summed E-state index contributed by atoms with van der Waals surface area (Å²) in [7, 11) is 0. The molecule has 0 heterocycles. The van der Waals surface area contributed by atoms with E-state index in [1.807, 2.05) is 0 Å². The Morgan fingerprint density at radius 1 is 1.07 bits per heavy atom. The number of hydrogen-bond donors (Lipinski definition) is 0. The predicted octanol–water partition coefficient (Wildman–Crippen LogP) is 4.35. The summed E-state index contributed by atoms with van der Waals surface area (Å²) in [5, 5.41) is 0. The van der Waals surface area contributed by atoms with Crippen LogP contribution in [0.2, 0.25) is 0 Å². The molecular weight excluding hydrogens is 184 g/mol. The van der Waals surface area contributed by atoms with Crippen molar-refractivity contribution in [1.29, 1.82) is 0 Å². The lowest BCUT2D eigenvalue weighted by atomic mass is 9.78. The highest BCUT2D eigenvalue weighted by Gasteiger charge is 2.23. The van der Waals surface area contributed by atoms with Gasteiger partial charge in [0, 0.05) is 5.92 Å². The molecule has 15 heavy (non-hydrogen) atoms. The van der Waals surface area contributed by atoms with Gasteiger partial charge in [-0.1, -0.05) is 39.0 Å². The quantitative estimate of drug-likeness (QED) is 0.596. The smallest absolute Gasteiger partial charge is 0.132 e. The third-order valence-corrected chi connectivity index (χ3v) is 3.89. The Balaban J connectivity index is 2.07. The van der Waals surface area contributed by atoms with Gasteiger partial charge >= 0.3 is 0 Å². The molecule has 0 N–H and O–H groups in total. The topological polar surface area (TPSA) is 17.1 Å². The normalized spacial score (nSPS) is 26.5. The van der Waals surface area contributed by atoms with Crippen molar-refractivity contribution in [1.82, 2.24) is 0 Å². The van der Waals surface area contributed by atoms with Gasteiger partial charge in [-0.05, 0) is 38.5 Å². The number of rotatable bonds is 6. The third-order valence-electron chi connectivity index (χ3n) is 3.89. The van der Waals surface area contributed by atoms with Crippen molar-refractivity contribution in [3.8, 4) is 0 Å². The van der Waals surface area contributed by atoms with Crippen LogP contribution in [-0.2, 0) is 4.79 Å². The Labute approximate surface area is 94.6 Å². The molecule has 0 bridgehead atoms. The average molecular weight is 210 g/mol. The number of carbonyl (C=O) groups excluding carboxylic acids is 1. The van der Waals surface area contributed by atoms with Crippen LogP contribution >= 0.6 is 0 Å². The minimum atomic E-state index is 0.400. The lowest BCUT2D eigenvalue weighted by Gasteiger charge is -2.26. The zero-order valence-corrected chi connectivity index (χ0v) is 10.4. The van der Waals surface area contributed by atoms with Gasteiger partial charge in [-0.15, -0.1) is 0 Å². The number of carbonyl (C=O) groups is 1. The molecule has 0 aliphatic heterocycles. The highest BCUT2D eigenvalue weighted by molar-refractivity contribution is 5.78. The summed E-state index contributed by atoms with van der Waals surface area (Å²) in [5.41, 5.74) is 0. The molecular formula is C14H26O.